The second kappa shape index (κ2) is 5.53. The van der Waals surface area contributed by atoms with Crippen molar-refractivity contribution < 1.29 is 13.2 Å². The third-order valence-corrected chi connectivity index (χ3v) is 4.45. The van der Waals surface area contributed by atoms with E-state index in [1.807, 2.05) is 30.3 Å². The molecule has 0 fully saturated rings. The van der Waals surface area contributed by atoms with Crippen LogP contribution in [0.5, 0.6) is 0 Å². The van der Waals surface area contributed by atoms with E-state index in [-0.39, 0.29) is 6.10 Å². The summed E-state index contributed by atoms with van der Waals surface area (Å²) in [7, 11) is -0.508. The van der Waals surface area contributed by atoms with Gasteiger partial charge in [0, 0.05) is 19.1 Å². The smallest absolute Gasteiger partial charge is 0.198 e. The number of ether oxygens (including phenoxy) is 1. The number of methoxy groups -OCH3 is 1. The Bertz CT molecular complexity index is 386. The van der Waals surface area contributed by atoms with Gasteiger partial charge in [-0.3, -0.25) is 0 Å². The number of hydrogen-bond acceptors (Lipinski definition) is 4. The molecule has 1 atom stereocenters. The molecule has 0 saturated carbocycles. The lowest BCUT2D eigenvalue weighted by atomic mass is 10.1. The molecule has 0 radical (unpaired) electrons. The summed E-state index contributed by atoms with van der Waals surface area (Å²) in [6.07, 6.45) is 1.03. The topological polar surface area (TPSA) is 43.4 Å². The minimum Gasteiger partial charge on any atom is -0.376 e. The summed E-state index contributed by atoms with van der Waals surface area (Å²) in [6, 6.07) is 9.59. The molecule has 1 rings (SSSR count). The minimum atomic E-state index is -3.00. The van der Waals surface area contributed by atoms with E-state index >= 15 is 0 Å². The molecule has 15 heavy (non-hydrogen) atoms. The third-order valence-electron chi connectivity index (χ3n) is 1.89. The van der Waals surface area contributed by atoms with Crippen LogP contribution in [0.4, 0.5) is 0 Å². The second-order valence-corrected chi connectivity index (χ2v) is 7.62. The van der Waals surface area contributed by atoms with Gasteiger partial charge >= 0.3 is 0 Å². The first-order chi connectivity index (χ1) is 7.03. The molecule has 0 aliphatic rings. The van der Waals surface area contributed by atoms with E-state index in [4.69, 9.17) is 4.74 Å². The monoisotopic (exact) mass is 246 g/mol. The highest BCUT2D eigenvalue weighted by Gasteiger charge is 2.13. The van der Waals surface area contributed by atoms with Gasteiger partial charge in [0.2, 0.25) is 0 Å². The van der Waals surface area contributed by atoms with Crippen LogP contribution in [-0.4, -0.2) is 27.5 Å². The predicted molar refractivity (Wildman–Crippen MR) is 63.5 cm³/mol. The van der Waals surface area contributed by atoms with Crippen molar-refractivity contribution in [1.82, 2.24) is 0 Å². The summed E-state index contributed by atoms with van der Waals surface area (Å²) < 4.78 is 27.2. The van der Waals surface area contributed by atoms with Crippen molar-refractivity contribution in [3.05, 3.63) is 35.9 Å². The Balaban J connectivity index is 2.66. The van der Waals surface area contributed by atoms with Gasteiger partial charge in [0.15, 0.2) is 8.87 Å². The Labute approximate surface area is 94.2 Å². The van der Waals surface area contributed by atoms with E-state index in [9.17, 15) is 8.42 Å². The Morgan fingerprint density at radius 2 is 1.93 bits per heavy atom. The number of benzene rings is 1. The van der Waals surface area contributed by atoms with Crippen LogP contribution < -0.4 is 0 Å². The molecule has 0 bridgehead atoms. The summed E-state index contributed by atoms with van der Waals surface area (Å²) in [5.74, 6) is 0.416. The lowest BCUT2D eigenvalue weighted by Crippen LogP contribution is -2.06. The summed E-state index contributed by atoms with van der Waals surface area (Å²) in [5, 5.41) is 0. The van der Waals surface area contributed by atoms with E-state index in [2.05, 4.69) is 0 Å². The fourth-order valence-corrected chi connectivity index (χ4v) is 2.97. The zero-order chi connectivity index (χ0) is 11.3. The predicted octanol–water partition coefficient (Wildman–Crippen LogP) is 2.07. The van der Waals surface area contributed by atoms with Crippen LogP contribution in [0.25, 0.3) is 0 Å². The molecule has 0 aliphatic carbocycles. The zero-order valence-corrected chi connectivity index (χ0v) is 10.3. The molecule has 0 aliphatic heterocycles. The summed E-state index contributed by atoms with van der Waals surface area (Å²) in [6.45, 7) is 0. The fraction of sp³-hybridized carbons (Fsp3) is 0.400. The molecule has 1 aromatic carbocycles. The minimum absolute atomic E-state index is 0.175. The van der Waals surface area contributed by atoms with Gasteiger partial charge in [-0.2, -0.15) is 0 Å². The molecule has 0 amide bonds. The van der Waals surface area contributed by atoms with Gasteiger partial charge in [-0.25, -0.2) is 8.42 Å². The molecule has 0 saturated heterocycles. The van der Waals surface area contributed by atoms with Crippen LogP contribution >= 0.6 is 10.8 Å². The van der Waals surface area contributed by atoms with E-state index in [0.717, 1.165) is 16.4 Å². The number of rotatable bonds is 5. The molecule has 0 heterocycles. The molecular weight excluding hydrogens is 232 g/mol. The Morgan fingerprint density at radius 3 is 2.40 bits per heavy atom. The van der Waals surface area contributed by atoms with Gasteiger partial charge in [-0.15, -0.1) is 0 Å². The van der Waals surface area contributed by atoms with Crippen LogP contribution in [-0.2, 0) is 13.6 Å². The quantitative estimate of drug-likeness (QED) is 0.746. The Morgan fingerprint density at radius 1 is 1.33 bits per heavy atom. The lowest BCUT2D eigenvalue weighted by molar-refractivity contribution is 0.123. The molecular formula is C10H14O3S2. The first kappa shape index (κ1) is 12.5. The van der Waals surface area contributed by atoms with Crippen molar-refractivity contribution in [2.24, 2.45) is 0 Å². The average molecular weight is 246 g/mol. The largest absolute Gasteiger partial charge is 0.376 e. The fourth-order valence-electron chi connectivity index (χ4n) is 1.15. The maximum atomic E-state index is 11.0. The van der Waals surface area contributed by atoms with Crippen molar-refractivity contribution in [3.63, 3.8) is 0 Å². The highest BCUT2D eigenvalue weighted by atomic mass is 33.1. The average Bonchev–Trinajstić information content (AvgIpc) is 2.19. The molecule has 0 spiro atoms. The molecule has 84 valence electrons. The number of hydrogen-bond donors (Lipinski definition) is 0. The molecule has 3 nitrogen and oxygen atoms in total. The first-order valence-electron chi connectivity index (χ1n) is 4.45. The van der Waals surface area contributed by atoms with E-state index < -0.39 is 8.87 Å². The van der Waals surface area contributed by atoms with E-state index in [0.29, 0.717) is 5.75 Å². The second-order valence-electron chi connectivity index (χ2n) is 3.12. The lowest BCUT2D eigenvalue weighted by Gasteiger charge is -2.14. The molecule has 0 aromatic heterocycles. The van der Waals surface area contributed by atoms with Gasteiger partial charge in [0.05, 0.1) is 6.10 Å². The van der Waals surface area contributed by atoms with Gasteiger partial charge in [0.1, 0.15) is 0 Å². The SMILES string of the molecule is CO[C@@H](CSS(C)(=O)=O)c1ccccc1. The van der Waals surface area contributed by atoms with Gasteiger partial charge in [-0.1, -0.05) is 30.3 Å². The van der Waals surface area contributed by atoms with E-state index in [1.165, 1.54) is 6.26 Å². The Hall–Kier alpha value is -0.520. The Kier molecular flexibility index (Phi) is 4.63. The molecule has 1 aromatic rings. The molecule has 0 N–H and O–H groups in total. The summed E-state index contributed by atoms with van der Waals surface area (Å²) in [5.41, 5.74) is 0.996. The maximum absolute atomic E-state index is 11.0. The highest BCUT2D eigenvalue weighted by molar-refractivity contribution is 8.71. The zero-order valence-electron chi connectivity index (χ0n) is 8.71. The van der Waals surface area contributed by atoms with Crippen molar-refractivity contribution in [2.45, 2.75) is 6.10 Å². The third kappa shape index (κ3) is 4.68. The van der Waals surface area contributed by atoms with Crippen LogP contribution in [0, 0.1) is 0 Å². The maximum Gasteiger partial charge on any atom is 0.198 e. The van der Waals surface area contributed by atoms with Crippen molar-refractivity contribution in [1.29, 1.82) is 0 Å². The molecule has 0 unspecified atom stereocenters. The van der Waals surface area contributed by atoms with E-state index in [1.54, 1.807) is 7.11 Å². The van der Waals surface area contributed by atoms with Gasteiger partial charge < -0.3 is 4.74 Å². The van der Waals surface area contributed by atoms with Crippen molar-refractivity contribution in [2.75, 3.05) is 19.1 Å². The normalized spacial score (nSPS) is 13.7. The van der Waals surface area contributed by atoms with Crippen LogP contribution in [0.2, 0.25) is 0 Å². The summed E-state index contributed by atoms with van der Waals surface area (Å²) in [4.78, 5) is 0. The van der Waals surface area contributed by atoms with Crippen LogP contribution in [0.1, 0.15) is 11.7 Å². The standard InChI is InChI=1S/C10H14O3S2/c1-13-10(8-14-15(2,11)12)9-6-4-3-5-7-9/h3-7,10H,8H2,1-2H3/t10-/m0/s1. The first-order valence-corrected chi connectivity index (χ1v) is 7.84. The van der Waals surface area contributed by atoms with Crippen LogP contribution in [0.3, 0.4) is 0 Å². The summed E-state index contributed by atoms with van der Waals surface area (Å²) >= 11 is 0. The molecule has 5 heteroatoms. The van der Waals surface area contributed by atoms with Gasteiger partial charge in [0.25, 0.3) is 0 Å². The van der Waals surface area contributed by atoms with Crippen LogP contribution in [0.15, 0.2) is 30.3 Å². The van der Waals surface area contributed by atoms with Gasteiger partial charge in [-0.05, 0) is 16.4 Å². The van der Waals surface area contributed by atoms with Crippen molar-refractivity contribution >= 4 is 19.7 Å². The highest BCUT2D eigenvalue weighted by Crippen LogP contribution is 2.23. The van der Waals surface area contributed by atoms with Crippen molar-refractivity contribution in [3.8, 4) is 0 Å².